The van der Waals surface area contributed by atoms with Gasteiger partial charge in [0.1, 0.15) is 22.8 Å². The van der Waals surface area contributed by atoms with E-state index in [1.165, 1.54) is 19.1 Å². The molecular weight excluding hydrogens is 537 g/mol. The molecule has 0 aromatic heterocycles. The van der Waals surface area contributed by atoms with Crippen molar-refractivity contribution in [2.75, 3.05) is 11.1 Å². The summed E-state index contributed by atoms with van der Waals surface area (Å²) < 4.78 is 101. The predicted octanol–water partition coefficient (Wildman–Crippen LogP) is 7.23. The van der Waals surface area contributed by atoms with Crippen molar-refractivity contribution in [1.82, 2.24) is 0 Å². The second kappa shape index (κ2) is 10.2. The molecule has 0 aliphatic carbocycles. The van der Waals surface area contributed by atoms with E-state index in [2.05, 4.69) is 10.1 Å². The fourth-order valence-corrected chi connectivity index (χ4v) is 3.30. The van der Waals surface area contributed by atoms with E-state index < -0.39 is 57.7 Å². The van der Waals surface area contributed by atoms with Crippen LogP contribution in [0.5, 0.6) is 17.2 Å². The van der Waals surface area contributed by atoms with Crippen LogP contribution in [-0.4, -0.2) is 18.1 Å². The van der Waals surface area contributed by atoms with Gasteiger partial charge in [-0.1, -0.05) is 11.6 Å². The molecule has 3 aromatic carbocycles. The van der Waals surface area contributed by atoms with Crippen molar-refractivity contribution in [3.63, 3.8) is 0 Å². The van der Waals surface area contributed by atoms with Gasteiger partial charge in [0.05, 0.1) is 10.6 Å². The Morgan fingerprint density at radius 1 is 0.946 bits per heavy atom. The molecule has 196 valence electrons. The number of carbonyl (C=O) groups excluding carboxylic acids is 2. The normalized spacial score (nSPS) is 11.7. The molecule has 0 heterocycles. The Bertz CT molecular complexity index is 1370. The molecule has 6 nitrogen and oxygen atoms in total. The third-order valence-electron chi connectivity index (χ3n) is 4.68. The zero-order valence-electron chi connectivity index (χ0n) is 18.4. The van der Waals surface area contributed by atoms with E-state index in [0.29, 0.717) is 12.1 Å². The Kier molecular flexibility index (Phi) is 7.58. The standard InChI is InChI=1S/C23H14ClF7N2O4/c1-10(34)13-8-11(2-5-16(13)32)33-21(35)19-18(7-4-14(20(19)25)22(26,27)28)36-12-3-6-17(15(24)9-12)37-23(29,30)31/h2-9H,32H2,1H3,(H,33,35). The highest BCUT2D eigenvalue weighted by Crippen LogP contribution is 2.39. The van der Waals surface area contributed by atoms with Gasteiger partial charge in [0.25, 0.3) is 5.91 Å². The van der Waals surface area contributed by atoms with Gasteiger partial charge in [0.2, 0.25) is 0 Å². The SMILES string of the molecule is CC(=O)c1cc(NC(=O)c2c(Oc3ccc(OC(F)(F)F)c(Cl)c3)ccc(C(F)(F)F)c2F)ccc1N. The first-order chi connectivity index (χ1) is 17.1. The molecule has 3 rings (SSSR count). The molecule has 0 unspecified atom stereocenters. The second-order valence-electron chi connectivity index (χ2n) is 7.35. The Morgan fingerprint density at radius 2 is 1.59 bits per heavy atom. The molecule has 0 radical (unpaired) electrons. The van der Waals surface area contributed by atoms with Gasteiger partial charge in [-0.2, -0.15) is 13.2 Å². The number of amides is 1. The summed E-state index contributed by atoms with van der Waals surface area (Å²) in [6.07, 6.45) is -10.2. The Morgan fingerprint density at radius 3 is 2.16 bits per heavy atom. The molecule has 0 spiro atoms. The summed E-state index contributed by atoms with van der Waals surface area (Å²) in [4.78, 5) is 24.6. The van der Waals surface area contributed by atoms with Crippen molar-refractivity contribution in [2.24, 2.45) is 0 Å². The molecule has 37 heavy (non-hydrogen) atoms. The van der Waals surface area contributed by atoms with Gasteiger partial charge in [0, 0.05) is 23.0 Å². The number of alkyl halides is 6. The number of anilines is 2. The number of carbonyl (C=O) groups is 2. The summed E-state index contributed by atoms with van der Waals surface area (Å²) in [5, 5.41) is 1.58. The third kappa shape index (κ3) is 6.61. The van der Waals surface area contributed by atoms with E-state index in [1.807, 2.05) is 0 Å². The van der Waals surface area contributed by atoms with Gasteiger partial charge in [-0.05, 0) is 49.4 Å². The van der Waals surface area contributed by atoms with Crippen molar-refractivity contribution in [3.8, 4) is 17.2 Å². The smallest absolute Gasteiger partial charge is 0.456 e. The van der Waals surface area contributed by atoms with Crippen LogP contribution in [0.25, 0.3) is 0 Å². The highest BCUT2D eigenvalue weighted by atomic mass is 35.5. The minimum atomic E-state index is -5.18. The molecule has 3 N–H and O–H groups in total. The van der Waals surface area contributed by atoms with Crippen molar-refractivity contribution in [1.29, 1.82) is 0 Å². The molecular formula is C23H14ClF7N2O4. The van der Waals surface area contributed by atoms with E-state index in [0.717, 1.165) is 24.3 Å². The molecule has 0 atom stereocenters. The number of nitrogens with one attached hydrogen (secondary N) is 1. The maximum atomic E-state index is 15.0. The Hall–Kier alpha value is -4.00. The fourth-order valence-electron chi connectivity index (χ4n) is 3.09. The van der Waals surface area contributed by atoms with Gasteiger partial charge in [-0.25, -0.2) is 4.39 Å². The van der Waals surface area contributed by atoms with Crippen LogP contribution in [0.15, 0.2) is 48.5 Å². The number of nitrogen functional groups attached to an aromatic ring is 1. The highest BCUT2D eigenvalue weighted by molar-refractivity contribution is 6.32. The number of halogens is 8. The summed E-state index contributed by atoms with van der Waals surface area (Å²) in [6, 6.07) is 7.07. The summed E-state index contributed by atoms with van der Waals surface area (Å²) >= 11 is 5.74. The first-order valence-electron chi connectivity index (χ1n) is 9.91. The first-order valence-corrected chi connectivity index (χ1v) is 10.3. The Labute approximate surface area is 208 Å². The summed E-state index contributed by atoms with van der Waals surface area (Å²) in [5.74, 6) is -5.71. The lowest BCUT2D eigenvalue weighted by molar-refractivity contribution is -0.274. The lowest BCUT2D eigenvalue weighted by atomic mass is 10.1. The lowest BCUT2D eigenvalue weighted by Crippen LogP contribution is -2.19. The number of nitrogens with two attached hydrogens (primary N) is 1. The summed E-state index contributed by atoms with van der Waals surface area (Å²) in [6.45, 7) is 1.19. The second-order valence-corrected chi connectivity index (χ2v) is 7.76. The molecule has 3 aromatic rings. The van der Waals surface area contributed by atoms with Crippen molar-refractivity contribution >= 4 is 34.7 Å². The third-order valence-corrected chi connectivity index (χ3v) is 4.98. The largest absolute Gasteiger partial charge is 0.573 e. The summed E-state index contributed by atoms with van der Waals surface area (Å²) in [5.41, 5.74) is 2.68. The van der Waals surface area contributed by atoms with Crippen LogP contribution in [0.2, 0.25) is 5.02 Å². The molecule has 0 fully saturated rings. The number of Topliss-reactive ketones (excluding diaryl/α,β-unsaturated/α-hetero) is 1. The monoisotopic (exact) mass is 550 g/mol. The van der Waals surface area contributed by atoms with E-state index in [1.54, 1.807) is 0 Å². The zero-order valence-corrected chi connectivity index (χ0v) is 19.1. The van der Waals surface area contributed by atoms with Crippen LogP contribution in [-0.2, 0) is 6.18 Å². The summed E-state index contributed by atoms with van der Waals surface area (Å²) in [7, 11) is 0. The molecule has 0 saturated carbocycles. The van der Waals surface area contributed by atoms with Crippen molar-refractivity contribution < 1.29 is 49.8 Å². The van der Waals surface area contributed by atoms with E-state index in [-0.39, 0.29) is 22.7 Å². The van der Waals surface area contributed by atoms with Crippen LogP contribution in [0.3, 0.4) is 0 Å². The Balaban J connectivity index is 2.03. The molecule has 0 aliphatic rings. The topological polar surface area (TPSA) is 90.7 Å². The highest BCUT2D eigenvalue weighted by Gasteiger charge is 2.37. The predicted molar refractivity (Wildman–Crippen MR) is 118 cm³/mol. The molecule has 1 amide bonds. The van der Waals surface area contributed by atoms with Gasteiger partial charge in [-0.15, -0.1) is 13.2 Å². The minimum absolute atomic E-state index is 0.00500. The lowest BCUT2D eigenvalue weighted by Gasteiger charge is -2.17. The number of ketones is 1. The van der Waals surface area contributed by atoms with Gasteiger partial charge in [-0.3, -0.25) is 9.59 Å². The number of hydrogen-bond donors (Lipinski definition) is 2. The average Bonchev–Trinajstić information content (AvgIpc) is 2.75. The number of ether oxygens (including phenoxy) is 2. The van der Waals surface area contributed by atoms with Gasteiger partial charge >= 0.3 is 12.5 Å². The first kappa shape index (κ1) is 27.6. The number of rotatable bonds is 6. The number of hydrogen-bond acceptors (Lipinski definition) is 5. The van der Waals surface area contributed by atoms with Crippen LogP contribution in [0, 0.1) is 5.82 Å². The zero-order chi connectivity index (χ0) is 27.7. The van der Waals surface area contributed by atoms with Crippen LogP contribution < -0.4 is 20.5 Å². The maximum absolute atomic E-state index is 15.0. The van der Waals surface area contributed by atoms with E-state index >= 15 is 0 Å². The molecule has 0 bridgehead atoms. The van der Waals surface area contributed by atoms with Crippen molar-refractivity contribution in [3.05, 3.63) is 76.1 Å². The van der Waals surface area contributed by atoms with E-state index in [4.69, 9.17) is 22.1 Å². The van der Waals surface area contributed by atoms with Crippen molar-refractivity contribution in [2.45, 2.75) is 19.5 Å². The van der Waals surface area contributed by atoms with E-state index in [9.17, 15) is 40.3 Å². The van der Waals surface area contributed by atoms with Crippen LogP contribution in [0.4, 0.5) is 42.1 Å². The van der Waals surface area contributed by atoms with Crippen LogP contribution >= 0.6 is 11.6 Å². The van der Waals surface area contributed by atoms with Crippen LogP contribution in [0.1, 0.15) is 33.2 Å². The maximum Gasteiger partial charge on any atom is 0.573 e. The fraction of sp³-hybridized carbons (Fsp3) is 0.130. The van der Waals surface area contributed by atoms with Gasteiger partial charge in [0.15, 0.2) is 11.6 Å². The quantitative estimate of drug-likeness (QED) is 0.192. The average molecular weight is 551 g/mol. The van der Waals surface area contributed by atoms with Gasteiger partial charge < -0.3 is 20.5 Å². The minimum Gasteiger partial charge on any atom is -0.456 e. The molecule has 14 heteroatoms. The molecule has 0 aliphatic heterocycles. The molecule has 0 saturated heterocycles. The number of benzene rings is 3.